The number of hydrogen-bond donors (Lipinski definition) is 1. The van der Waals surface area contributed by atoms with E-state index in [0.717, 1.165) is 31.5 Å². The SMILES string of the molecule is CC(C)(C)NC(=O)[C@@H](Cc1ccccc1)N(Cc1ccc(Br)cc1)C(=O)CN(c1cccc2ccccc12)S(C)(=O)=O. The molecule has 4 rings (SSSR count). The summed E-state index contributed by atoms with van der Waals surface area (Å²) in [4.78, 5) is 29.7. The number of anilines is 1. The molecule has 0 radical (unpaired) electrons. The minimum atomic E-state index is -3.87. The van der Waals surface area contributed by atoms with Crippen molar-refractivity contribution in [3.8, 4) is 0 Å². The number of amides is 2. The Kier molecular flexibility index (Phi) is 9.74. The van der Waals surface area contributed by atoms with Crippen molar-refractivity contribution in [1.29, 1.82) is 0 Å². The van der Waals surface area contributed by atoms with E-state index in [4.69, 9.17) is 0 Å². The fourth-order valence-electron chi connectivity index (χ4n) is 4.81. The van der Waals surface area contributed by atoms with Crippen LogP contribution in [0.15, 0.2) is 102 Å². The molecular weight excluding hydrogens is 614 g/mol. The molecule has 1 atom stereocenters. The van der Waals surface area contributed by atoms with Gasteiger partial charge in [-0.3, -0.25) is 13.9 Å². The average molecular weight is 651 g/mol. The molecule has 0 aliphatic heterocycles. The summed E-state index contributed by atoms with van der Waals surface area (Å²) in [5, 5.41) is 4.60. The minimum absolute atomic E-state index is 0.119. The third-order valence-electron chi connectivity index (χ3n) is 6.75. The number of carbonyl (C=O) groups is 2. The van der Waals surface area contributed by atoms with Gasteiger partial charge in [0, 0.05) is 28.4 Å². The second-order valence-electron chi connectivity index (χ2n) is 11.4. The molecule has 220 valence electrons. The van der Waals surface area contributed by atoms with E-state index in [1.807, 2.05) is 106 Å². The van der Waals surface area contributed by atoms with Crippen LogP contribution < -0.4 is 9.62 Å². The fraction of sp³-hybridized carbons (Fsp3) is 0.273. The summed E-state index contributed by atoms with van der Waals surface area (Å²) < 4.78 is 28.4. The number of hydrogen-bond acceptors (Lipinski definition) is 4. The molecule has 0 aliphatic carbocycles. The van der Waals surface area contributed by atoms with E-state index >= 15 is 0 Å². The van der Waals surface area contributed by atoms with Gasteiger partial charge in [0.15, 0.2) is 0 Å². The van der Waals surface area contributed by atoms with Crippen molar-refractivity contribution < 1.29 is 18.0 Å². The van der Waals surface area contributed by atoms with E-state index in [0.29, 0.717) is 11.1 Å². The third kappa shape index (κ3) is 8.20. The summed E-state index contributed by atoms with van der Waals surface area (Å²) in [5.41, 5.74) is 1.56. The Balaban J connectivity index is 1.79. The van der Waals surface area contributed by atoms with E-state index in [1.54, 1.807) is 12.1 Å². The Labute approximate surface area is 256 Å². The van der Waals surface area contributed by atoms with Gasteiger partial charge in [-0.05, 0) is 55.5 Å². The van der Waals surface area contributed by atoms with Crippen LogP contribution >= 0.6 is 15.9 Å². The van der Waals surface area contributed by atoms with Crippen molar-refractivity contribution in [2.24, 2.45) is 0 Å². The number of fused-ring (bicyclic) bond motifs is 1. The summed E-state index contributed by atoms with van der Waals surface area (Å²) in [6.07, 6.45) is 1.35. The lowest BCUT2D eigenvalue weighted by Gasteiger charge is -2.35. The Morgan fingerprint density at radius 3 is 2.10 bits per heavy atom. The zero-order chi connectivity index (χ0) is 30.5. The normalized spacial score (nSPS) is 12.5. The molecule has 0 heterocycles. The number of rotatable bonds is 10. The van der Waals surface area contributed by atoms with Crippen LogP contribution in [0.3, 0.4) is 0 Å². The molecule has 2 amide bonds. The van der Waals surface area contributed by atoms with Gasteiger partial charge in [-0.25, -0.2) is 8.42 Å². The molecule has 0 spiro atoms. The van der Waals surface area contributed by atoms with Crippen LogP contribution in [0, 0.1) is 0 Å². The maximum Gasteiger partial charge on any atom is 0.244 e. The molecule has 42 heavy (non-hydrogen) atoms. The molecular formula is C33H36BrN3O4S. The number of halogens is 1. The smallest absolute Gasteiger partial charge is 0.244 e. The molecule has 4 aromatic carbocycles. The van der Waals surface area contributed by atoms with Crippen LogP contribution in [0.5, 0.6) is 0 Å². The number of nitrogens with zero attached hydrogens (tertiary/aromatic N) is 2. The van der Waals surface area contributed by atoms with Crippen molar-refractivity contribution >= 4 is 54.2 Å². The van der Waals surface area contributed by atoms with Gasteiger partial charge in [-0.1, -0.05) is 94.8 Å². The topological polar surface area (TPSA) is 86.8 Å². The van der Waals surface area contributed by atoms with Crippen molar-refractivity contribution in [3.05, 3.63) is 113 Å². The summed E-state index contributed by atoms with van der Waals surface area (Å²) in [6.45, 7) is 5.32. The molecule has 9 heteroatoms. The highest BCUT2D eigenvalue weighted by Gasteiger charge is 2.34. The van der Waals surface area contributed by atoms with Crippen LogP contribution in [0.1, 0.15) is 31.9 Å². The molecule has 0 fully saturated rings. The first-order valence-electron chi connectivity index (χ1n) is 13.7. The van der Waals surface area contributed by atoms with Gasteiger partial charge in [-0.2, -0.15) is 0 Å². The number of benzene rings is 4. The average Bonchev–Trinajstić information content (AvgIpc) is 2.93. The van der Waals surface area contributed by atoms with Gasteiger partial charge in [0.1, 0.15) is 12.6 Å². The predicted molar refractivity (Wildman–Crippen MR) is 173 cm³/mol. The van der Waals surface area contributed by atoms with Crippen LogP contribution in [-0.2, 0) is 32.6 Å². The Hall–Kier alpha value is -3.69. The van der Waals surface area contributed by atoms with Gasteiger partial charge < -0.3 is 10.2 Å². The maximum atomic E-state index is 14.3. The lowest BCUT2D eigenvalue weighted by atomic mass is 10.0. The zero-order valence-electron chi connectivity index (χ0n) is 24.2. The van der Waals surface area contributed by atoms with Crippen LogP contribution in [0.25, 0.3) is 10.8 Å². The van der Waals surface area contributed by atoms with Crippen molar-refractivity contribution in [2.75, 3.05) is 17.1 Å². The number of sulfonamides is 1. The fourth-order valence-corrected chi connectivity index (χ4v) is 5.94. The molecule has 4 aromatic rings. The molecule has 0 unspecified atom stereocenters. The number of carbonyl (C=O) groups excluding carboxylic acids is 2. The summed E-state index contributed by atoms with van der Waals surface area (Å²) >= 11 is 3.45. The van der Waals surface area contributed by atoms with Crippen LogP contribution in [0.4, 0.5) is 5.69 Å². The van der Waals surface area contributed by atoms with Gasteiger partial charge in [0.2, 0.25) is 21.8 Å². The largest absolute Gasteiger partial charge is 0.350 e. The monoisotopic (exact) mass is 649 g/mol. The molecule has 0 bridgehead atoms. The second kappa shape index (κ2) is 13.1. The standard InChI is InChI=1S/C33H36BrN3O4S/c1-33(2,3)35-32(39)30(21-24-11-6-5-7-12-24)36(22-25-17-19-27(34)20-18-25)31(38)23-37(42(4,40)41)29-16-10-14-26-13-8-9-15-28(26)29/h5-20,30H,21-23H2,1-4H3,(H,35,39)/t30-/m1/s1. The summed E-state index contributed by atoms with van der Waals surface area (Å²) in [7, 11) is -3.87. The first-order valence-corrected chi connectivity index (χ1v) is 16.3. The quantitative estimate of drug-likeness (QED) is 0.231. The van der Waals surface area contributed by atoms with Crippen molar-refractivity contribution in [3.63, 3.8) is 0 Å². The molecule has 0 saturated carbocycles. The minimum Gasteiger partial charge on any atom is -0.350 e. The Bertz CT molecular complexity index is 1650. The highest BCUT2D eigenvalue weighted by Crippen LogP contribution is 2.29. The first-order chi connectivity index (χ1) is 19.8. The third-order valence-corrected chi connectivity index (χ3v) is 8.41. The molecule has 0 aliphatic rings. The van der Waals surface area contributed by atoms with Crippen LogP contribution in [0.2, 0.25) is 0 Å². The maximum absolute atomic E-state index is 14.3. The molecule has 0 saturated heterocycles. The second-order valence-corrected chi connectivity index (χ2v) is 14.2. The Morgan fingerprint density at radius 1 is 0.833 bits per heavy atom. The van der Waals surface area contributed by atoms with Crippen molar-refractivity contribution in [2.45, 2.75) is 45.3 Å². The summed E-state index contributed by atoms with van der Waals surface area (Å²) in [6, 6.07) is 28.9. The lowest BCUT2D eigenvalue weighted by Crippen LogP contribution is -2.56. The Morgan fingerprint density at radius 2 is 1.45 bits per heavy atom. The van der Waals surface area contributed by atoms with Crippen molar-refractivity contribution in [1.82, 2.24) is 10.2 Å². The van der Waals surface area contributed by atoms with Gasteiger partial charge in [0.25, 0.3) is 0 Å². The van der Waals surface area contributed by atoms with Gasteiger partial charge >= 0.3 is 0 Å². The van der Waals surface area contributed by atoms with Crippen LogP contribution in [-0.4, -0.2) is 49.5 Å². The molecule has 7 nitrogen and oxygen atoms in total. The zero-order valence-corrected chi connectivity index (χ0v) is 26.7. The highest BCUT2D eigenvalue weighted by atomic mass is 79.9. The van der Waals surface area contributed by atoms with Gasteiger partial charge in [0.05, 0.1) is 11.9 Å². The number of nitrogens with one attached hydrogen (secondary N) is 1. The van der Waals surface area contributed by atoms with E-state index in [9.17, 15) is 18.0 Å². The first kappa shape index (κ1) is 31.3. The molecule has 1 N–H and O–H groups in total. The van der Waals surface area contributed by atoms with Gasteiger partial charge in [-0.15, -0.1) is 0 Å². The lowest BCUT2D eigenvalue weighted by molar-refractivity contribution is -0.140. The summed E-state index contributed by atoms with van der Waals surface area (Å²) in [5.74, 6) is -0.797. The molecule has 0 aromatic heterocycles. The van der Waals surface area contributed by atoms with E-state index in [-0.39, 0.29) is 18.9 Å². The van der Waals surface area contributed by atoms with E-state index in [2.05, 4.69) is 21.2 Å². The van der Waals surface area contributed by atoms with E-state index < -0.39 is 34.1 Å². The van der Waals surface area contributed by atoms with E-state index in [1.165, 1.54) is 4.90 Å². The highest BCUT2D eigenvalue weighted by molar-refractivity contribution is 9.10. The predicted octanol–water partition coefficient (Wildman–Crippen LogP) is 5.92.